The highest BCUT2D eigenvalue weighted by atomic mass is 79.9. The van der Waals surface area contributed by atoms with E-state index >= 15 is 0 Å². The molecule has 1 aliphatic rings. The zero-order valence-corrected chi connectivity index (χ0v) is 13.1. The topological polar surface area (TPSA) is 15.3 Å². The zero-order chi connectivity index (χ0) is 12.4. The van der Waals surface area contributed by atoms with E-state index in [1.807, 2.05) is 11.3 Å². The summed E-state index contributed by atoms with van der Waals surface area (Å²) in [6.07, 6.45) is 0. The second kappa shape index (κ2) is 5.83. The first-order chi connectivity index (χ1) is 8.06. The van der Waals surface area contributed by atoms with Crippen LogP contribution in [-0.2, 0) is 6.54 Å². The molecule has 0 aliphatic carbocycles. The second-order valence-electron chi connectivity index (χ2n) is 5.26. The van der Waals surface area contributed by atoms with Crippen molar-refractivity contribution < 1.29 is 0 Å². The minimum absolute atomic E-state index is 0.605. The van der Waals surface area contributed by atoms with E-state index in [1.165, 1.54) is 8.66 Å². The fourth-order valence-corrected chi connectivity index (χ4v) is 3.99. The molecule has 1 aliphatic heterocycles. The van der Waals surface area contributed by atoms with Crippen molar-refractivity contribution in [2.75, 3.05) is 13.1 Å². The van der Waals surface area contributed by atoms with Crippen LogP contribution < -0.4 is 5.32 Å². The van der Waals surface area contributed by atoms with Crippen molar-refractivity contribution in [3.8, 4) is 0 Å². The molecule has 2 unspecified atom stereocenters. The summed E-state index contributed by atoms with van der Waals surface area (Å²) in [5.41, 5.74) is 0. The van der Waals surface area contributed by atoms with Crippen molar-refractivity contribution in [1.82, 2.24) is 10.2 Å². The van der Waals surface area contributed by atoms with Gasteiger partial charge in [-0.05, 0) is 40.9 Å². The van der Waals surface area contributed by atoms with E-state index in [9.17, 15) is 0 Å². The number of hydrogen-bond acceptors (Lipinski definition) is 3. The Bertz CT molecular complexity index is 364. The summed E-state index contributed by atoms with van der Waals surface area (Å²) in [5.74, 6) is 0.707. The largest absolute Gasteiger partial charge is 0.311 e. The van der Waals surface area contributed by atoms with E-state index in [2.05, 4.69) is 59.1 Å². The molecule has 0 amide bonds. The number of hydrogen-bond donors (Lipinski definition) is 1. The Labute approximate surface area is 117 Å². The van der Waals surface area contributed by atoms with Crippen LogP contribution in [-0.4, -0.2) is 30.1 Å². The van der Waals surface area contributed by atoms with E-state index in [-0.39, 0.29) is 0 Å². The van der Waals surface area contributed by atoms with Gasteiger partial charge >= 0.3 is 0 Å². The number of piperazine rings is 1. The first-order valence-electron chi connectivity index (χ1n) is 6.28. The Balaban J connectivity index is 2.04. The van der Waals surface area contributed by atoms with E-state index < -0.39 is 0 Å². The monoisotopic (exact) mass is 316 g/mol. The van der Waals surface area contributed by atoms with Gasteiger partial charge in [-0.2, -0.15) is 0 Å². The van der Waals surface area contributed by atoms with Gasteiger partial charge in [-0.15, -0.1) is 11.3 Å². The molecule has 1 fully saturated rings. The van der Waals surface area contributed by atoms with Crippen LogP contribution in [0.5, 0.6) is 0 Å². The van der Waals surface area contributed by atoms with Crippen LogP contribution in [0.3, 0.4) is 0 Å². The van der Waals surface area contributed by atoms with Crippen molar-refractivity contribution in [2.45, 2.75) is 39.4 Å². The average Bonchev–Trinajstić information content (AvgIpc) is 2.63. The molecular formula is C13H21BrN2S. The minimum atomic E-state index is 0.605. The molecule has 96 valence electrons. The molecule has 2 heterocycles. The third kappa shape index (κ3) is 3.53. The predicted molar refractivity (Wildman–Crippen MR) is 78.5 cm³/mol. The van der Waals surface area contributed by atoms with Crippen LogP contribution >= 0.6 is 27.3 Å². The fourth-order valence-electron chi connectivity index (χ4n) is 2.48. The van der Waals surface area contributed by atoms with Gasteiger partial charge in [-0.3, -0.25) is 4.90 Å². The molecule has 17 heavy (non-hydrogen) atoms. The standard InChI is InChI=1S/C13H21BrN2S/c1-9(2)12-6-15-10(3)7-16(12)8-11-4-5-13(14)17-11/h4-5,9-10,12,15H,6-8H2,1-3H3. The fraction of sp³-hybridized carbons (Fsp3) is 0.692. The SMILES string of the molecule is CC1CN(Cc2ccc(Br)s2)C(C(C)C)CN1. The van der Waals surface area contributed by atoms with Crippen LogP contribution in [0.2, 0.25) is 0 Å². The number of nitrogens with zero attached hydrogens (tertiary/aromatic N) is 1. The molecule has 1 aromatic heterocycles. The Kier molecular flexibility index (Phi) is 4.64. The van der Waals surface area contributed by atoms with Crippen LogP contribution in [0.4, 0.5) is 0 Å². The van der Waals surface area contributed by atoms with Crippen LogP contribution in [0.1, 0.15) is 25.6 Å². The molecule has 0 radical (unpaired) electrons. The third-order valence-electron chi connectivity index (χ3n) is 3.41. The smallest absolute Gasteiger partial charge is 0.0701 e. The predicted octanol–water partition coefficient (Wildman–Crippen LogP) is 3.33. The Morgan fingerprint density at radius 2 is 2.29 bits per heavy atom. The van der Waals surface area contributed by atoms with Gasteiger partial charge < -0.3 is 5.32 Å². The molecular weight excluding hydrogens is 296 g/mol. The Morgan fingerprint density at radius 1 is 1.53 bits per heavy atom. The molecule has 0 spiro atoms. The van der Waals surface area contributed by atoms with Crippen molar-refractivity contribution in [2.24, 2.45) is 5.92 Å². The summed E-state index contributed by atoms with van der Waals surface area (Å²) >= 11 is 5.39. The van der Waals surface area contributed by atoms with Crippen LogP contribution in [0, 0.1) is 5.92 Å². The van der Waals surface area contributed by atoms with Gasteiger partial charge in [0.15, 0.2) is 0 Å². The van der Waals surface area contributed by atoms with Crippen LogP contribution in [0.15, 0.2) is 15.9 Å². The molecule has 2 atom stereocenters. The summed E-state index contributed by atoms with van der Waals surface area (Å²) in [6, 6.07) is 5.65. The normalized spacial score (nSPS) is 26.6. The zero-order valence-electron chi connectivity index (χ0n) is 10.7. The van der Waals surface area contributed by atoms with Crippen molar-refractivity contribution in [3.63, 3.8) is 0 Å². The van der Waals surface area contributed by atoms with E-state index in [0.29, 0.717) is 18.0 Å². The first kappa shape index (κ1) is 13.5. The van der Waals surface area contributed by atoms with Gasteiger partial charge in [0.25, 0.3) is 0 Å². The lowest BCUT2D eigenvalue weighted by Gasteiger charge is -2.41. The van der Waals surface area contributed by atoms with E-state index in [4.69, 9.17) is 0 Å². The van der Waals surface area contributed by atoms with Crippen molar-refractivity contribution in [1.29, 1.82) is 0 Å². The molecule has 0 bridgehead atoms. The summed E-state index contributed by atoms with van der Waals surface area (Å²) in [6.45, 7) is 10.3. The number of rotatable bonds is 3. The van der Waals surface area contributed by atoms with Gasteiger partial charge in [0.1, 0.15) is 0 Å². The molecule has 1 N–H and O–H groups in total. The maximum atomic E-state index is 3.59. The highest BCUT2D eigenvalue weighted by Gasteiger charge is 2.28. The molecule has 1 saturated heterocycles. The lowest BCUT2D eigenvalue weighted by molar-refractivity contribution is 0.0966. The first-order valence-corrected chi connectivity index (χ1v) is 7.89. The van der Waals surface area contributed by atoms with Gasteiger partial charge in [0.2, 0.25) is 0 Å². The molecule has 4 heteroatoms. The summed E-state index contributed by atoms with van der Waals surface area (Å²) in [7, 11) is 0. The third-order valence-corrected chi connectivity index (χ3v) is 5.02. The van der Waals surface area contributed by atoms with Gasteiger partial charge in [-0.1, -0.05) is 13.8 Å². The maximum Gasteiger partial charge on any atom is 0.0701 e. The highest BCUT2D eigenvalue weighted by molar-refractivity contribution is 9.11. The number of nitrogens with one attached hydrogen (secondary N) is 1. The highest BCUT2D eigenvalue weighted by Crippen LogP contribution is 2.25. The Hall–Kier alpha value is 0.1000. The maximum absolute atomic E-state index is 3.59. The van der Waals surface area contributed by atoms with Crippen molar-refractivity contribution >= 4 is 27.3 Å². The van der Waals surface area contributed by atoms with Gasteiger partial charge in [0.05, 0.1) is 3.79 Å². The minimum Gasteiger partial charge on any atom is -0.311 e. The quantitative estimate of drug-likeness (QED) is 0.920. The molecule has 0 aromatic carbocycles. The number of halogens is 1. The summed E-state index contributed by atoms with van der Waals surface area (Å²) in [4.78, 5) is 4.08. The van der Waals surface area contributed by atoms with Crippen LogP contribution in [0.25, 0.3) is 0 Å². The van der Waals surface area contributed by atoms with Gasteiger partial charge in [-0.25, -0.2) is 0 Å². The summed E-state index contributed by atoms with van der Waals surface area (Å²) in [5, 5.41) is 3.59. The van der Waals surface area contributed by atoms with E-state index in [1.54, 1.807) is 0 Å². The molecule has 2 nitrogen and oxygen atoms in total. The number of thiophene rings is 1. The molecule has 2 rings (SSSR count). The second-order valence-corrected chi connectivity index (χ2v) is 7.80. The molecule has 1 aromatic rings. The summed E-state index contributed by atoms with van der Waals surface area (Å²) < 4.78 is 1.23. The average molecular weight is 317 g/mol. The molecule has 0 saturated carbocycles. The Morgan fingerprint density at radius 3 is 2.88 bits per heavy atom. The van der Waals surface area contributed by atoms with Gasteiger partial charge in [0, 0.05) is 36.6 Å². The lowest BCUT2D eigenvalue weighted by atomic mass is 9.99. The van der Waals surface area contributed by atoms with E-state index in [0.717, 1.165) is 19.6 Å². The van der Waals surface area contributed by atoms with Crippen molar-refractivity contribution in [3.05, 3.63) is 20.8 Å². The lowest BCUT2D eigenvalue weighted by Crippen LogP contribution is -2.56.